The van der Waals surface area contributed by atoms with E-state index in [9.17, 15) is 4.79 Å². The first kappa shape index (κ1) is 17.3. The highest BCUT2D eigenvalue weighted by atomic mass is 35.5. The second-order valence-corrected chi connectivity index (χ2v) is 6.84. The fourth-order valence-electron chi connectivity index (χ4n) is 2.79. The molecular weight excluding hydrogens is 302 g/mol. The third kappa shape index (κ3) is 4.45. The van der Waals surface area contributed by atoms with Gasteiger partial charge < -0.3 is 9.84 Å². The van der Waals surface area contributed by atoms with Crippen LogP contribution in [0.4, 0.5) is 0 Å². The van der Waals surface area contributed by atoms with Crippen molar-refractivity contribution < 1.29 is 14.6 Å². The van der Waals surface area contributed by atoms with Crippen LogP contribution in [-0.4, -0.2) is 41.2 Å². The molecule has 1 aliphatic rings. The lowest BCUT2D eigenvalue weighted by molar-refractivity contribution is -0.137. The summed E-state index contributed by atoms with van der Waals surface area (Å²) in [6, 6.07) is 7.79. The molecule has 0 amide bonds. The summed E-state index contributed by atoms with van der Waals surface area (Å²) < 4.78 is 6.01. The van der Waals surface area contributed by atoms with Gasteiger partial charge in [-0.2, -0.15) is 0 Å². The van der Waals surface area contributed by atoms with Crippen molar-refractivity contribution in [3.63, 3.8) is 0 Å². The highest BCUT2D eigenvalue weighted by molar-refractivity contribution is 6.31. The SMILES string of the molecule is CC1(C)COC(c2ccccc2Cl)CN1CCCCC(=O)O. The standard InChI is InChI=1S/C17H24ClNO3/c1-17(2)12-22-15(13-7-3-4-8-14(13)18)11-19(17)10-6-5-9-16(20)21/h3-4,7-8,15H,5-6,9-12H2,1-2H3,(H,20,21). The monoisotopic (exact) mass is 325 g/mol. The Morgan fingerprint density at radius 3 is 2.82 bits per heavy atom. The molecule has 1 saturated heterocycles. The molecule has 0 radical (unpaired) electrons. The summed E-state index contributed by atoms with van der Waals surface area (Å²) in [5, 5.41) is 9.46. The lowest BCUT2D eigenvalue weighted by Gasteiger charge is -2.45. The summed E-state index contributed by atoms with van der Waals surface area (Å²) in [6.07, 6.45) is 1.80. The molecule has 122 valence electrons. The molecule has 0 saturated carbocycles. The Bertz CT molecular complexity index is 518. The van der Waals surface area contributed by atoms with E-state index in [0.717, 1.165) is 30.1 Å². The Balaban J connectivity index is 1.98. The summed E-state index contributed by atoms with van der Waals surface area (Å²) >= 11 is 6.27. The minimum absolute atomic E-state index is 0.0267. The normalized spacial score (nSPS) is 21.7. The fourth-order valence-corrected chi connectivity index (χ4v) is 3.05. The molecule has 22 heavy (non-hydrogen) atoms. The molecule has 1 aliphatic heterocycles. The topological polar surface area (TPSA) is 49.8 Å². The van der Waals surface area contributed by atoms with Gasteiger partial charge in [0.1, 0.15) is 0 Å². The van der Waals surface area contributed by atoms with E-state index >= 15 is 0 Å². The summed E-state index contributed by atoms with van der Waals surface area (Å²) in [4.78, 5) is 13.0. The predicted molar refractivity (Wildman–Crippen MR) is 87.3 cm³/mol. The Morgan fingerprint density at radius 2 is 2.14 bits per heavy atom. The smallest absolute Gasteiger partial charge is 0.303 e. The van der Waals surface area contributed by atoms with Gasteiger partial charge >= 0.3 is 5.97 Å². The molecule has 0 aliphatic carbocycles. The molecule has 2 rings (SSSR count). The number of morpholine rings is 1. The molecule has 1 aromatic carbocycles. The zero-order chi connectivity index (χ0) is 16.2. The van der Waals surface area contributed by atoms with Crippen molar-refractivity contribution in [2.75, 3.05) is 19.7 Å². The number of carbonyl (C=O) groups is 1. The van der Waals surface area contributed by atoms with Crippen molar-refractivity contribution in [3.8, 4) is 0 Å². The number of hydrogen-bond acceptors (Lipinski definition) is 3. The quantitative estimate of drug-likeness (QED) is 0.809. The number of halogens is 1. The zero-order valence-corrected chi connectivity index (χ0v) is 14.0. The number of hydrogen-bond donors (Lipinski definition) is 1. The molecule has 1 heterocycles. The van der Waals surface area contributed by atoms with Crippen LogP contribution in [0.2, 0.25) is 5.02 Å². The van der Waals surface area contributed by atoms with E-state index in [-0.39, 0.29) is 18.1 Å². The average Bonchev–Trinajstić information content (AvgIpc) is 2.45. The first-order chi connectivity index (χ1) is 10.4. The highest BCUT2D eigenvalue weighted by Gasteiger charge is 2.35. The first-order valence-electron chi connectivity index (χ1n) is 7.73. The van der Waals surface area contributed by atoms with Crippen LogP contribution < -0.4 is 0 Å². The minimum Gasteiger partial charge on any atom is -0.481 e. The van der Waals surface area contributed by atoms with Gasteiger partial charge in [-0.05, 0) is 39.3 Å². The van der Waals surface area contributed by atoms with Gasteiger partial charge in [-0.1, -0.05) is 29.8 Å². The van der Waals surface area contributed by atoms with E-state index in [1.54, 1.807) is 0 Å². The summed E-state index contributed by atoms with van der Waals surface area (Å²) in [7, 11) is 0. The van der Waals surface area contributed by atoms with Crippen LogP contribution in [0.1, 0.15) is 44.8 Å². The van der Waals surface area contributed by atoms with Crippen LogP contribution in [0.3, 0.4) is 0 Å². The number of aliphatic carboxylic acids is 1. The zero-order valence-electron chi connectivity index (χ0n) is 13.2. The molecule has 1 atom stereocenters. The summed E-state index contributed by atoms with van der Waals surface area (Å²) in [5.74, 6) is -0.727. The van der Waals surface area contributed by atoms with Crippen LogP contribution in [0, 0.1) is 0 Å². The molecule has 0 aromatic heterocycles. The van der Waals surface area contributed by atoms with Gasteiger partial charge in [0.15, 0.2) is 0 Å². The second-order valence-electron chi connectivity index (χ2n) is 6.43. The minimum atomic E-state index is -0.727. The number of carboxylic acid groups (broad SMARTS) is 1. The van der Waals surface area contributed by atoms with Gasteiger partial charge in [-0.15, -0.1) is 0 Å². The molecule has 0 bridgehead atoms. The van der Waals surface area contributed by atoms with E-state index < -0.39 is 5.97 Å². The number of carboxylic acids is 1. The van der Waals surface area contributed by atoms with Crippen molar-refractivity contribution in [2.24, 2.45) is 0 Å². The van der Waals surface area contributed by atoms with Gasteiger partial charge in [-0.25, -0.2) is 0 Å². The van der Waals surface area contributed by atoms with E-state index in [4.69, 9.17) is 21.4 Å². The van der Waals surface area contributed by atoms with Crippen LogP contribution >= 0.6 is 11.6 Å². The third-order valence-corrected chi connectivity index (χ3v) is 4.54. The summed E-state index contributed by atoms with van der Waals surface area (Å²) in [5.41, 5.74) is 0.983. The molecule has 4 nitrogen and oxygen atoms in total. The van der Waals surface area contributed by atoms with Crippen molar-refractivity contribution >= 4 is 17.6 Å². The molecule has 1 fully saturated rings. The Kier molecular flexibility index (Phi) is 5.84. The van der Waals surface area contributed by atoms with Gasteiger partial charge in [0.05, 0.1) is 12.7 Å². The lowest BCUT2D eigenvalue weighted by Crippen LogP contribution is -2.54. The number of nitrogens with zero attached hydrogens (tertiary/aromatic N) is 1. The number of ether oxygens (including phenoxy) is 1. The van der Waals surface area contributed by atoms with E-state index in [1.165, 1.54) is 0 Å². The van der Waals surface area contributed by atoms with Gasteiger partial charge in [-0.3, -0.25) is 9.69 Å². The first-order valence-corrected chi connectivity index (χ1v) is 8.11. The van der Waals surface area contributed by atoms with Gasteiger partial charge in [0.2, 0.25) is 0 Å². The van der Waals surface area contributed by atoms with Crippen LogP contribution in [0.15, 0.2) is 24.3 Å². The van der Waals surface area contributed by atoms with Gasteiger partial charge in [0, 0.05) is 29.1 Å². The van der Waals surface area contributed by atoms with Crippen molar-refractivity contribution in [1.29, 1.82) is 0 Å². The summed E-state index contributed by atoms with van der Waals surface area (Å²) in [6.45, 7) is 6.62. The van der Waals surface area contributed by atoms with Crippen LogP contribution in [0.5, 0.6) is 0 Å². The molecule has 0 spiro atoms. The molecule has 1 aromatic rings. The molecule has 1 unspecified atom stereocenters. The molecular formula is C17H24ClNO3. The van der Waals surface area contributed by atoms with Crippen molar-refractivity contribution in [3.05, 3.63) is 34.9 Å². The van der Waals surface area contributed by atoms with Gasteiger partial charge in [0.25, 0.3) is 0 Å². The maximum absolute atomic E-state index is 10.6. The highest BCUT2D eigenvalue weighted by Crippen LogP contribution is 2.33. The van der Waals surface area contributed by atoms with E-state index in [1.807, 2.05) is 24.3 Å². The van der Waals surface area contributed by atoms with E-state index in [0.29, 0.717) is 13.0 Å². The predicted octanol–water partition coefficient (Wildman–Crippen LogP) is 3.75. The Hall–Kier alpha value is -1.10. The largest absolute Gasteiger partial charge is 0.481 e. The fraction of sp³-hybridized carbons (Fsp3) is 0.588. The molecule has 5 heteroatoms. The Labute approximate surface area is 137 Å². The van der Waals surface area contributed by atoms with Crippen LogP contribution in [0.25, 0.3) is 0 Å². The van der Waals surface area contributed by atoms with Crippen molar-refractivity contribution in [2.45, 2.75) is 44.8 Å². The van der Waals surface area contributed by atoms with E-state index in [2.05, 4.69) is 18.7 Å². The Morgan fingerprint density at radius 1 is 1.41 bits per heavy atom. The third-order valence-electron chi connectivity index (χ3n) is 4.20. The van der Waals surface area contributed by atoms with Crippen LogP contribution in [-0.2, 0) is 9.53 Å². The number of benzene rings is 1. The average molecular weight is 326 g/mol. The maximum Gasteiger partial charge on any atom is 0.303 e. The number of rotatable bonds is 6. The maximum atomic E-state index is 10.6. The number of unbranched alkanes of at least 4 members (excludes halogenated alkanes) is 1. The lowest BCUT2D eigenvalue weighted by atomic mass is 9.97. The van der Waals surface area contributed by atoms with Crippen molar-refractivity contribution in [1.82, 2.24) is 4.90 Å². The molecule has 1 N–H and O–H groups in total. The second kappa shape index (κ2) is 7.44.